The zero-order chi connectivity index (χ0) is 30.7. The number of nitrogens with zero attached hydrogens (tertiary/aromatic N) is 5. The first kappa shape index (κ1) is 29.3. The Morgan fingerprint density at radius 1 is 1.09 bits per heavy atom. The van der Waals surface area contributed by atoms with Crippen LogP contribution in [0.4, 0.5) is 11.4 Å². The Morgan fingerprint density at radius 3 is 2.28 bits per heavy atom. The summed E-state index contributed by atoms with van der Waals surface area (Å²) in [7, 11) is 0. The van der Waals surface area contributed by atoms with Crippen molar-refractivity contribution in [1.82, 2.24) is 20.1 Å². The maximum Gasteiger partial charge on any atom is 0.274 e. The summed E-state index contributed by atoms with van der Waals surface area (Å²) in [6, 6.07) is 13.2. The Kier molecular flexibility index (Phi) is 8.44. The van der Waals surface area contributed by atoms with Crippen LogP contribution >= 0.6 is 11.3 Å². The van der Waals surface area contributed by atoms with Gasteiger partial charge >= 0.3 is 0 Å². The average molecular weight is 603 g/mol. The van der Waals surface area contributed by atoms with Gasteiger partial charge in [-0.15, -0.1) is 11.3 Å². The third-order valence-corrected chi connectivity index (χ3v) is 8.38. The van der Waals surface area contributed by atoms with Gasteiger partial charge in [0.1, 0.15) is 10.5 Å². The second kappa shape index (κ2) is 12.4. The summed E-state index contributed by atoms with van der Waals surface area (Å²) in [5.41, 5.74) is 6.58. The smallest absolute Gasteiger partial charge is 0.274 e. The molecule has 1 amide bonds. The van der Waals surface area contributed by atoms with Crippen molar-refractivity contribution in [2.75, 3.05) is 39.3 Å². The van der Waals surface area contributed by atoms with Crippen LogP contribution in [-0.2, 0) is 4.79 Å². The van der Waals surface area contributed by atoms with E-state index in [-0.39, 0.29) is 37.5 Å². The van der Waals surface area contributed by atoms with Gasteiger partial charge in [0.15, 0.2) is 0 Å². The van der Waals surface area contributed by atoms with Crippen molar-refractivity contribution in [3.8, 4) is 6.07 Å². The number of nitriles is 1. The van der Waals surface area contributed by atoms with Crippen molar-refractivity contribution in [2.24, 2.45) is 5.73 Å². The van der Waals surface area contributed by atoms with E-state index in [1.165, 1.54) is 54.6 Å². The lowest BCUT2D eigenvalue weighted by Gasteiger charge is -2.28. The Labute approximate surface area is 248 Å². The lowest BCUT2D eigenvalue weighted by Crippen LogP contribution is -2.47. The summed E-state index contributed by atoms with van der Waals surface area (Å²) < 4.78 is 1.55. The van der Waals surface area contributed by atoms with Crippen LogP contribution in [0.15, 0.2) is 58.9 Å². The molecule has 43 heavy (non-hydrogen) atoms. The number of benzene rings is 2. The summed E-state index contributed by atoms with van der Waals surface area (Å²) in [4.78, 5) is 50.9. The predicted octanol–water partition coefficient (Wildman–Crippen LogP) is 0.175. The van der Waals surface area contributed by atoms with Crippen LogP contribution in [0, 0.1) is 31.6 Å². The van der Waals surface area contributed by atoms with Crippen LogP contribution in [0.3, 0.4) is 0 Å². The summed E-state index contributed by atoms with van der Waals surface area (Å²) in [5, 5.41) is 38.7. The van der Waals surface area contributed by atoms with E-state index in [1.807, 2.05) is 0 Å². The minimum atomic E-state index is -0.990. The van der Waals surface area contributed by atoms with E-state index in [2.05, 4.69) is 21.6 Å². The Hall–Kier alpha value is -5.17. The molecule has 0 aliphatic carbocycles. The van der Waals surface area contributed by atoms with Crippen LogP contribution < -0.4 is 31.1 Å². The third kappa shape index (κ3) is 5.93. The Bertz CT molecular complexity index is 1850. The fourth-order valence-electron chi connectivity index (χ4n) is 5.09. The van der Waals surface area contributed by atoms with Gasteiger partial charge in [-0.05, 0) is 29.3 Å². The molecule has 1 aromatic heterocycles. The molecule has 2 aliphatic heterocycles. The summed E-state index contributed by atoms with van der Waals surface area (Å²) in [6.07, 6.45) is 1.53. The third-order valence-electron chi connectivity index (χ3n) is 7.28. The number of allylic oxidation sites excluding steroid dienone is 1. The van der Waals surface area contributed by atoms with E-state index in [0.717, 1.165) is 42.1 Å². The molecule has 220 valence electrons. The molecule has 1 fully saturated rings. The molecule has 0 spiro atoms. The van der Waals surface area contributed by atoms with Crippen LogP contribution in [-0.4, -0.2) is 64.5 Å². The Balaban J connectivity index is 1.65. The molecule has 2 aromatic carbocycles. The summed E-state index contributed by atoms with van der Waals surface area (Å²) in [6.45, 7) is 4.28. The lowest BCUT2D eigenvalue weighted by molar-refractivity contribution is -0.385. The molecule has 5 rings (SSSR count). The van der Waals surface area contributed by atoms with E-state index < -0.39 is 27.2 Å². The van der Waals surface area contributed by atoms with Gasteiger partial charge in [0.05, 0.1) is 37.5 Å². The van der Waals surface area contributed by atoms with Gasteiger partial charge in [0, 0.05) is 63.5 Å². The van der Waals surface area contributed by atoms with E-state index in [0.29, 0.717) is 24.2 Å². The van der Waals surface area contributed by atoms with Crippen LogP contribution in [0.25, 0.3) is 17.5 Å². The fraction of sp³-hybridized carbons (Fsp3) is 0.250. The number of piperazine rings is 1. The Morgan fingerprint density at radius 2 is 1.70 bits per heavy atom. The second-order valence-electron chi connectivity index (χ2n) is 9.86. The molecule has 0 radical (unpaired) electrons. The number of hydrogen-bond acceptors (Lipinski definition) is 11. The van der Waals surface area contributed by atoms with Crippen molar-refractivity contribution in [3.63, 3.8) is 0 Å². The van der Waals surface area contributed by atoms with Gasteiger partial charge in [0.2, 0.25) is 0 Å². The molecule has 1 saturated heterocycles. The molecular formula is C28H26N8O6S. The number of nitro groups is 2. The highest BCUT2D eigenvalue weighted by atomic mass is 32.1. The molecule has 2 aliphatic rings. The maximum absolute atomic E-state index is 13.9. The highest BCUT2D eigenvalue weighted by molar-refractivity contribution is 7.07. The summed E-state index contributed by atoms with van der Waals surface area (Å²) in [5.74, 6) is -1.64. The van der Waals surface area contributed by atoms with Gasteiger partial charge in [-0.25, -0.2) is 0 Å². The molecule has 1 unspecified atom stereocenters. The first-order valence-corrected chi connectivity index (χ1v) is 14.1. The largest absolute Gasteiger partial charge is 0.384 e. The van der Waals surface area contributed by atoms with Gasteiger partial charge < -0.3 is 16.4 Å². The van der Waals surface area contributed by atoms with Crippen molar-refractivity contribution >= 4 is 46.1 Å². The number of amides is 1. The zero-order valence-corrected chi connectivity index (χ0v) is 23.5. The first-order chi connectivity index (χ1) is 20.7. The number of nitro benzene ring substituents is 2. The molecule has 15 heteroatoms. The maximum atomic E-state index is 13.9. The molecule has 3 heterocycles. The van der Waals surface area contributed by atoms with E-state index in [1.54, 1.807) is 0 Å². The number of carbonyl (C=O) groups is 1. The number of carbonyl (C=O) groups excluding carboxylic acids is 1. The highest BCUT2D eigenvalue weighted by Crippen LogP contribution is 2.36. The molecule has 3 aromatic rings. The van der Waals surface area contributed by atoms with E-state index >= 15 is 0 Å². The number of fused-ring (bicyclic) bond motifs is 1. The molecule has 1 atom stereocenters. The number of aromatic nitrogens is 1. The number of nitrogens with two attached hydrogens (primary N) is 1. The van der Waals surface area contributed by atoms with Crippen molar-refractivity contribution in [1.29, 1.82) is 5.26 Å². The SMILES string of the molecule is N#CC1=C(N)n2c(s/c(=C\c3ccc([N+](=O)[O-])cc3)c2=O)=C(C(=O)NCCN2CCNCC2)C1c1ccc([N+](=O)[O-])cc1. The lowest BCUT2D eigenvalue weighted by atomic mass is 9.83. The van der Waals surface area contributed by atoms with Gasteiger partial charge in [-0.2, -0.15) is 5.26 Å². The number of hydrogen-bond donors (Lipinski definition) is 3. The van der Waals surface area contributed by atoms with Crippen LogP contribution in [0.1, 0.15) is 17.0 Å². The number of non-ortho nitro benzene ring substituents is 2. The van der Waals surface area contributed by atoms with Gasteiger partial charge in [0.25, 0.3) is 22.8 Å². The predicted molar refractivity (Wildman–Crippen MR) is 159 cm³/mol. The molecule has 4 N–H and O–H groups in total. The van der Waals surface area contributed by atoms with E-state index in [9.17, 15) is 35.1 Å². The quantitative estimate of drug-likeness (QED) is 0.236. The van der Waals surface area contributed by atoms with Crippen molar-refractivity contribution in [3.05, 3.63) is 105 Å². The number of thiazole rings is 1. The second-order valence-corrected chi connectivity index (χ2v) is 10.9. The first-order valence-electron chi connectivity index (χ1n) is 13.3. The van der Waals surface area contributed by atoms with Gasteiger partial charge in [-0.3, -0.25) is 39.3 Å². The monoisotopic (exact) mass is 602 g/mol. The normalized spacial score (nSPS) is 17.3. The van der Waals surface area contributed by atoms with Crippen molar-refractivity contribution in [2.45, 2.75) is 5.92 Å². The highest BCUT2D eigenvalue weighted by Gasteiger charge is 2.35. The minimum Gasteiger partial charge on any atom is -0.384 e. The summed E-state index contributed by atoms with van der Waals surface area (Å²) >= 11 is 1.00. The van der Waals surface area contributed by atoms with E-state index in [4.69, 9.17) is 5.73 Å². The van der Waals surface area contributed by atoms with Gasteiger partial charge in [-0.1, -0.05) is 12.1 Å². The van der Waals surface area contributed by atoms with Crippen molar-refractivity contribution < 1.29 is 14.6 Å². The molecule has 0 bridgehead atoms. The van der Waals surface area contributed by atoms with Crippen LogP contribution in [0.5, 0.6) is 0 Å². The standard InChI is InChI=1S/C28H26N8O6S/c29-16-21-23(18-3-7-20(8-4-18)36(41)42)24(26(37)32-11-14-33-12-9-31-10-13-33)28-34(25(21)30)27(38)22(43-28)15-17-1-5-19(6-2-17)35(39)40/h1-8,15,23,31H,9-14,30H2,(H,32,37)/b22-15-. The van der Waals surface area contributed by atoms with Crippen LogP contribution in [0.2, 0.25) is 0 Å². The number of nitrogens with one attached hydrogen (secondary N) is 2. The number of rotatable bonds is 8. The molecule has 14 nitrogen and oxygen atoms in total. The molecule has 0 saturated carbocycles. The fourth-order valence-corrected chi connectivity index (χ4v) is 6.27. The molecular weight excluding hydrogens is 576 g/mol. The average Bonchev–Trinajstić information content (AvgIpc) is 3.33. The topological polar surface area (TPSA) is 202 Å². The zero-order valence-electron chi connectivity index (χ0n) is 22.7. The minimum absolute atomic E-state index is 0.0459.